The minimum Gasteiger partial charge on any atom is -0.312 e. The van der Waals surface area contributed by atoms with Crippen molar-refractivity contribution in [1.82, 2.24) is 19.9 Å². The number of nitrogens with zero attached hydrogens (tertiary/aromatic N) is 3. The zero-order chi connectivity index (χ0) is 11.7. The van der Waals surface area contributed by atoms with Gasteiger partial charge < -0.3 is 9.88 Å². The molecule has 4 nitrogen and oxygen atoms in total. The first-order chi connectivity index (χ1) is 8.38. The second-order valence-corrected chi connectivity index (χ2v) is 4.68. The van der Waals surface area contributed by atoms with Crippen LogP contribution in [-0.2, 0) is 13.1 Å². The van der Waals surface area contributed by atoms with Crippen LogP contribution in [0.2, 0.25) is 0 Å². The van der Waals surface area contributed by atoms with Crippen LogP contribution in [0.15, 0.2) is 18.3 Å². The Hall–Kier alpha value is -1.42. The predicted molar refractivity (Wildman–Crippen MR) is 67.7 cm³/mol. The SMILES string of the molecule is CCCn1c(CNC2CC2)nc2cccnc21. The lowest BCUT2D eigenvalue weighted by atomic mass is 10.4. The molecule has 90 valence electrons. The van der Waals surface area contributed by atoms with E-state index < -0.39 is 0 Å². The minimum absolute atomic E-state index is 0.720. The molecule has 0 bridgehead atoms. The molecule has 2 aromatic rings. The third-order valence-corrected chi connectivity index (χ3v) is 3.16. The molecule has 3 rings (SSSR count). The largest absolute Gasteiger partial charge is 0.312 e. The predicted octanol–water partition coefficient (Wildman–Crippen LogP) is 2.09. The van der Waals surface area contributed by atoms with E-state index in [0.717, 1.165) is 42.5 Å². The highest BCUT2D eigenvalue weighted by Gasteiger charge is 2.21. The summed E-state index contributed by atoms with van der Waals surface area (Å²) < 4.78 is 2.24. The summed E-state index contributed by atoms with van der Waals surface area (Å²) in [5.74, 6) is 1.12. The van der Waals surface area contributed by atoms with Crippen LogP contribution in [0, 0.1) is 0 Å². The monoisotopic (exact) mass is 230 g/mol. The molecule has 0 saturated heterocycles. The number of pyridine rings is 1. The van der Waals surface area contributed by atoms with Gasteiger partial charge in [-0.25, -0.2) is 9.97 Å². The summed E-state index contributed by atoms with van der Waals surface area (Å²) in [6.07, 6.45) is 5.57. The molecule has 2 heterocycles. The maximum atomic E-state index is 4.67. The summed E-state index contributed by atoms with van der Waals surface area (Å²) in [4.78, 5) is 9.10. The van der Waals surface area contributed by atoms with E-state index in [2.05, 4.69) is 26.8 Å². The maximum absolute atomic E-state index is 4.67. The van der Waals surface area contributed by atoms with Gasteiger partial charge in [-0.3, -0.25) is 0 Å². The second kappa shape index (κ2) is 4.45. The van der Waals surface area contributed by atoms with Gasteiger partial charge in [0.15, 0.2) is 5.65 Å². The first-order valence-electron chi connectivity index (χ1n) is 6.42. The maximum Gasteiger partial charge on any atom is 0.160 e. The van der Waals surface area contributed by atoms with Crippen LogP contribution < -0.4 is 5.32 Å². The molecule has 4 heteroatoms. The first kappa shape index (κ1) is 10.7. The van der Waals surface area contributed by atoms with E-state index >= 15 is 0 Å². The fourth-order valence-electron chi connectivity index (χ4n) is 2.12. The molecule has 1 saturated carbocycles. The Morgan fingerprint density at radius 3 is 3.12 bits per heavy atom. The van der Waals surface area contributed by atoms with Gasteiger partial charge in [-0.1, -0.05) is 6.92 Å². The number of aromatic nitrogens is 3. The molecule has 0 spiro atoms. The molecular weight excluding hydrogens is 212 g/mol. The van der Waals surface area contributed by atoms with Gasteiger partial charge in [-0.2, -0.15) is 0 Å². The van der Waals surface area contributed by atoms with Gasteiger partial charge in [-0.05, 0) is 31.4 Å². The number of imidazole rings is 1. The van der Waals surface area contributed by atoms with Crippen molar-refractivity contribution in [2.75, 3.05) is 0 Å². The Kier molecular flexibility index (Phi) is 2.81. The summed E-state index contributed by atoms with van der Waals surface area (Å²) in [6, 6.07) is 4.71. The quantitative estimate of drug-likeness (QED) is 0.855. The van der Waals surface area contributed by atoms with E-state index in [-0.39, 0.29) is 0 Å². The van der Waals surface area contributed by atoms with Crippen molar-refractivity contribution in [2.24, 2.45) is 0 Å². The molecule has 17 heavy (non-hydrogen) atoms. The fourth-order valence-corrected chi connectivity index (χ4v) is 2.12. The molecule has 0 unspecified atom stereocenters. The summed E-state index contributed by atoms with van der Waals surface area (Å²) >= 11 is 0. The second-order valence-electron chi connectivity index (χ2n) is 4.68. The Bertz CT molecular complexity index is 513. The van der Waals surface area contributed by atoms with E-state index in [1.165, 1.54) is 12.8 Å². The van der Waals surface area contributed by atoms with E-state index in [4.69, 9.17) is 0 Å². The van der Waals surface area contributed by atoms with Crippen LogP contribution in [0.4, 0.5) is 0 Å². The summed E-state index contributed by atoms with van der Waals surface area (Å²) in [5.41, 5.74) is 2.02. The lowest BCUT2D eigenvalue weighted by Gasteiger charge is -2.07. The van der Waals surface area contributed by atoms with Gasteiger partial charge >= 0.3 is 0 Å². The zero-order valence-corrected chi connectivity index (χ0v) is 10.2. The van der Waals surface area contributed by atoms with Crippen LogP contribution in [0.5, 0.6) is 0 Å². The van der Waals surface area contributed by atoms with Crippen molar-refractivity contribution in [1.29, 1.82) is 0 Å². The van der Waals surface area contributed by atoms with Gasteiger partial charge in [-0.15, -0.1) is 0 Å². The van der Waals surface area contributed by atoms with Crippen molar-refractivity contribution in [3.63, 3.8) is 0 Å². The standard InChI is InChI=1S/C13H18N4/c1-2-8-17-12(9-15-10-5-6-10)16-11-4-3-7-14-13(11)17/h3-4,7,10,15H,2,5-6,8-9H2,1H3. The molecule has 1 fully saturated rings. The summed E-state index contributed by atoms with van der Waals surface area (Å²) in [6.45, 7) is 4.04. The van der Waals surface area contributed by atoms with Gasteiger partial charge in [0.25, 0.3) is 0 Å². The fraction of sp³-hybridized carbons (Fsp3) is 0.538. The van der Waals surface area contributed by atoms with Crippen molar-refractivity contribution in [3.05, 3.63) is 24.2 Å². The molecule has 1 aliphatic carbocycles. The molecule has 1 N–H and O–H groups in total. The third-order valence-electron chi connectivity index (χ3n) is 3.16. The molecule has 0 aromatic carbocycles. The average Bonchev–Trinajstić information content (AvgIpc) is 3.11. The average molecular weight is 230 g/mol. The Morgan fingerprint density at radius 2 is 2.35 bits per heavy atom. The van der Waals surface area contributed by atoms with E-state index in [1.807, 2.05) is 18.3 Å². The smallest absolute Gasteiger partial charge is 0.160 e. The molecule has 0 atom stereocenters. The van der Waals surface area contributed by atoms with E-state index in [9.17, 15) is 0 Å². The number of fused-ring (bicyclic) bond motifs is 1. The molecule has 0 amide bonds. The van der Waals surface area contributed by atoms with Crippen molar-refractivity contribution in [2.45, 2.75) is 45.3 Å². The minimum atomic E-state index is 0.720. The Morgan fingerprint density at radius 1 is 1.47 bits per heavy atom. The first-order valence-corrected chi connectivity index (χ1v) is 6.42. The van der Waals surface area contributed by atoms with Crippen LogP contribution in [-0.4, -0.2) is 20.6 Å². The number of hydrogen-bond acceptors (Lipinski definition) is 3. The molecule has 0 radical (unpaired) electrons. The Balaban J connectivity index is 1.92. The van der Waals surface area contributed by atoms with Gasteiger partial charge in [0.05, 0.1) is 6.54 Å². The summed E-state index contributed by atoms with van der Waals surface area (Å²) in [7, 11) is 0. The topological polar surface area (TPSA) is 42.7 Å². The van der Waals surface area contributed by atoms with Crippen molar-refractivity contribution in [3.8, 4) is 0 Å². The highest BCUT2D eigenvalue weighted by molar-refractivity contribution is 5.71. The highest BCUT2D eigenvalue weighted by atomic mass is 15.1. The molecule has 1 aliphatic rings. The normalized spacial score (nSPS) is 15.6. The third kappa shape index (κ3) is 2.17. The Labute approximate surface area is 101 Å². The van der Waals surface area contributed by atoms with E-state index in [0.29, 0.717) is 0 Å². The molecule has 2 aromatic heterocycles. The van der Waals surface area contributed by atoms with Gasteiger partial charge in [0, 0.05) is 18.8 Å². The number of aryl methyl sites for hydroxylation is 1. The number of nitrogens with one attached hydrogen (secondary N) is 1. The van der Waals surface area contributed by atoms with Crippen LogP contribution >= 0.6 is 0 Å². The van der Waals surface area contributed by atoms with Gasteiger partial charge in [0.1, 0.15) is 11.3 Å². The van der Waals surface area contributed by atoms with Crippen LogP contribution in [0.3, 0.4) is 0 Å². The van der Waals surface area contributed by atoms with Gasteiger partial charge in [0.2, 0.25) is 0 Å². The number of hydrogen-bond donors (Lipinski definition) is 1. The van der Waals surface area contributed by atoms with Crippen LogP contribution in [0.25, 0.3) is 11.2 Å². The van der Waals surface area contributed by atoms with Crippen molar-refractivity contribution < 1.29 is 0 Å². The highest BCUT2D eigenvalue weighted by Crippen LogP contribution is 2.20. The summed E-state index contributed by atoms with van der Waals surface area (Å²) in [5, 5.41) is 3.52. The van der Waals surface area contributed by atoms with Crippen LogP contribution in [0.1, 0.15) is 32.0 Å². The zero-order valence-electron chi connectivity index (χ0n) is 10.2. The lowest BCUT2D eigenvalue weighted by molar-refractivity contribution is 0.594. The molecule has 0 aliphatic heterocycles. The molecular formula is C13H18N4. The number of rotatable bonds is 5. The lowest BCUT2D eigenvalue weighted by Crippen LogP contribution is -2.19. The van der Waals surface area contributed by atoms with E-state index in [1.54, 1.807) is 0 Å². The van der Waals surface area contributed by atoms with Crippen molar-refractivity contribution >= 4 is 11.2 Å².